The molecule has 1 nitrogen and oxygen atoms in total. The second kappa shape index (κ2) is 7.45. The van der Waals surface area contributed by atoms with Gasteiger partial charge in [0.1, 0.15) is 0 Å². The highest BCUT2D eigenvalue weighted by atomic mass is 15.0. The van der Waals surface area contributed by atoms with Crippen molar-refractivity contribution in [2.24, 2.45) is 0 Å². The Balaban J connectivity index is 1.81. The van der Waals surface area contributed by atoms with Gasteiger partial charge in [-0.25, -0.2) is 0 Å². The number of hydrogen-bond donors (Lipinski definition) is 0. The summed E-state index contributed by atoms with van der Waals surface area (Å²) in [6, 6.07) is 34.5. The molecule has 1 heteroatoms. The van der Waals surface area contributed by atoms with Gasteiger partial charge in [0.25, 0.3) is 0 Å². The average molecular weight is 337 g/mol. The van der Waals surface area contributed by atoms with Crippen LogP contribution in [0, 0.1) is 6.92 Å². The summed E-state index contributed by atoms with van der Waals surface area (Å²) >= 11 is 0. The van der Waals surface area contributed by atoms with Crippen LogP contribution in [0.15, 0.2) is 97.1 Å². The van der Waals surface area contributed by atoms with Crippen LogP contribution in [0.5, 0.6) is 0 Å². The van der Waals surface area contributed by atoms with Gasteiger partial charge in [-0.1, -0.05) is 91.0 Å². The summed E-state index contributed by atoms with van der Waals surface area (Å²) in [5.41, 5.74) is 7.96. The fourth-order valence-corrected chi connectivity index (χ4v) is 3.63. The molecule has 0 aliphatic rings. The summed E-state index contributed by atoms with van der Waals surface area (Å²) in [6.07, 6.45) is 0.946. The first-order valence-corrected chi connectivity index (χ1v) is 9.13. The Kier molecular flexibility index (Phi) is 4.70. The van der Waals surface area contributed by atoms with E-state index in [0.29, 0.717) is 0 Å². The van der Waals surface area contributed by atoms with Crippen LogP contribution in [0.1, 0.15) is 22.4 Å². The summed E-state index contributed by atoms with van der Waals surface area (Å²) in [7, 11) is 0. The topological polar surface area (TPSA) is 4.93 Å². The first-order valence-electron chi connectivity index (χ1n) is 9.13. The van der Waals surface area contributed by atoms with Crippen LogP contribution >= 0.6 is 0 Å². The maximum absolute atomic E-state index is 2.48. The van der Waals surface area contributed by atoms with Crippen molar-refractivity contribution in [2.45, 2.75) is 19.9 Å². The van der Waals surface area contributed by atoms with Crippen molar-refractivity contribution in [1.29, 1.82) is 0 Å². The summed E-state index contributed by atoms with van der Waals surface area (Å²) in [6.45, 7) is 3.11. The maximum Gasteiger partial charge on any atom is 0.0515 e. The summed E-state index contributed by atoms with van der Waals surface area (Å²) < 4.78 is 2.48. The van der Waals surface area contributed by atoms with E-state index < -0.39 is 0 Å². The Morgan fingerprint density at radius 2 is 1.19 bits per heavy atom. The van der Waals surface area contributed by atoms with E-state index >= 15 is 0 Å². The molecule has 0 amide bonds. The lowest BCUT2D eigenvalue weighted by Gasteiger charge is -2.15. The lowest BCUT2D eigenvalue weighted by Crippen LogP contribution is -2.07. The molecule has 0 bridgehead atoms. The van der Waals surface area contributed by atoms with Crippen LogP contribution < -0.4 is 0 Å². The van der Waals surface area contributed by atoms with Gasteiger partial charge in [-0.15, -0.1) is 0 Å². The van der Waals surface area contributed by atoms with E-state index in [9.17, 15) is 0 Å². The molecule has 0 unspecified atom stereocenters. The minimum Gasteiger partial charge on any atom is -0.340 e. The molecule has 3 aromatic carbocycles. The first-order chi connectivity index (χ1) is 12.8. The van der Waals surface area contributed by atoms with Crippen molar-refractivity contribution in [1.82, 2.24) is 4.57 Å². The van der Waals surface area contributed by atoms with Gasteiger partial charge in [-0.3, -0.25) is 0 Å². The Labute approximate surface area is 155 Å². The monoisotopic (exact) mass is 337 g/mol. The van der Waals surface area contributed by atoms with Gasteiger partial charge in [-0.05, 0) is 35.2 Å². The second-order valence-corrected chi connectivity index (χ2v) is 6.77. The van der Waals surface area contributed by atoms with E-state index in [4.69, 9.17) is 0 Å². The molecule has 0 fully saturated rings. The molecule has 1 aromatic heterocycles. The Morgan fingerprint density at radius 1 is 0.654 bits per heavy atom. The van der Waals surface area contributed by atoms with Crippen molar-refractivity contribution < 1.29 is 0 Å². The molecule has 128 valence electrons. The van der Waals surface area contributed by atoms with E-state index in [-0.39, 0.29) is 0 Å². The molecule has 0 saturated carbocycles. The largest absolute Gasteiger partial charge is 0.340 e. The van der Waals surface area contributed by atoms with Gasteiger partial charge in [0.2, 0.25) is 0 Å². The summed E-state index contributed by atoms with van der Waals surface area (Å²) in [5, 5.41) is 0. The van der Waals surface area contributed by atoms with Gasteiger partial charge in [0.15, 0.2) is 0 Å². The second-order valence-electron chi connectivity index (χ2n) is 6.77. The van der Waals surface area contributed by atoms with Crippen LogP contribution in [-0.2, 0) is 13.0 Å². The van der Waals surface area contributed by atoms with E-state index in [1.54, 1.807) is 0 Å². The SMILES string of the molecule is Cc1cc(Cc2ccccc2)n(Cc2ccccc2)c1-c1ccccc1. The van der Waals surface area contributed by atoms with E-state index in [0.717, 1.165) is 13.0 Å². The van der Waals surface area contributed by atoms with E-state index in [1.165, 1.54) is 33.6 Å². The number of rotatable bonds is 5. The molecule has 0 atom stereocenters. The quantitative estimate of drug-likeness (QED) is 0.414. The van der Waals surface area contributed by atoms with E-state index in [2.05, 4.69) is 109 Å². The molecule has 26 heavy (non-hydrogen) atoms. The smallest absolute Gasteiger partial charge is 0.0515 e. The highest BCUT2D eigenvalue weighted by Crippen LogP contribution is 2.29. The standard InChI is InChI=1S/C25H23N/c1-20-17-24(18-21-11-5-2-6-12-21)26(19-22-13-7-3-8-14-22)25(20)23-15-9-4-10-16-23/h2-17H,18-19H2,1H3. The van der Waals surface area contributed by atoms with Crippen molar-refractivity contribution in [3.05, 3.63) is 119 Å². The highest BCUT2D eigenvalue weighted by molar-refractivity contribution is 5.65. The molecule has 4 aromatic rings. The third kappa shape index (κ3) is 3.48. The molecule has 0 aliphatic carbocycles. The third-order valence-corrected chi connectivity index (χ3v) is 4.83. The van der Waals surface area contributed by atoms with Gasteiger partial charge in [-0.2, -0.15) is 0 Å². The molecule has 0 spiro atoms. The lowest BCUT2D eigenvalue weighted by atomic mass is 10.1. The number of nitrogens with zero attached hydrogens (tertiary/aromatic N) is 1. The molecule has 1 heterocycles. The zero-order chi connectivity index (χ0) is 17.8. The fraction of sp³-hybridized carbons (Fsp3) is 0.120. The van der Waals surface area contributed by atoms with Gasteiger partial charge in [0, 0.05) is 18.7 Å². The Morgan fingerprint density at radius 3 is 1.81 bits per heavy atom. The highest BCUT2D eigenvalue weighted by Gasteiger charge is 2.15. The fourth-order valence-electron chi connectivity index (χ4n) is 3.63. The molecular weight excluding hydrogens is 314 g/mol. The average Bonchev–Trinajstić information content (AvgIpc) is 2.99. The molecule has 0 aliphatic heterocycles. The molecule has 4 rings (SSSR count). The number of benzene rings is 3. The van der Waals surface area contributed by atoms with Crippen LogP contribution in [0.4, 0.5) is 0 Å². The summed E-state index contributed by atoms with van der Waals surface area (Å²) in [5.74, 6) is 0. The van der Waals surface area contributed by atoms with Crippen LogP contribution in [0.3, 0.4) is 0 Å². The van der Waals surface area contributed by atoms with Gasteiger partial charge < -0.3 is 4.57 Å². The zero-order valence-electron chi connectivity index (χ0n) is 15.1. The molecule has 0 N–H and O–H groups in total. The maximum atomic E-state index is 2.48. The zero-order valence-corrected chi connectivity index (χ0v) is 15.1. The molecule has 0 saturated heterocycles. The van der Waals surface area contributed by atoms with E-state index in [1.807, 2.05) is 0 Å². The molecular formula is C25H23N. The predicted octanol–water partition coefficient (Wildman–Crippen LogP) is 6.10. The predicted molar refractivity (Wildman–Crippen MR) is 109 cm³/mol. The first kappa shape index (κ1) is 16.4. The number of aromatic nitrogens is 1. The van der Waals surface area contributed by atoms with Crippen LogP contribution in [0.2, 0.25) is 0 Å². The minimum absolute atomic E-state index is 0.890. The van der Waals surface area contributed by atoms with Gasteiger partial charge >= 0.3 is 0 Å². The third-order valence-electron chi connectivity index (χ3n) is 4.83. The van der Waals surface area contributed by atoms with Crippen molar-refractivity contribution in [3.8, 4) is 11.3 Å². The Bertz CT molecular complexity index is 967. The van der Waals surface area contributed by atoms with Crippen molar-refractivity contribution in [2.75, 3.05) is 0 Å². The van der Waals surface area contributed by atoms with Crippen LogP contribution in [0.25, 0.3) is 11.3 Å². The normalized spacial score (nSPS) is 10.8. The molecule has 0 radical (unpaired) electrons. The number of hydrogen-bond acceptors (Lipinski definition) is 0. The number of aryl methyl sites for hydroxylation is 1. The minimum atomic E-state index is 0.890. The van der Waals surface area contributed by atoms with Crippen LogP contribution in [-0.4, -0.2) is 4.57 Å². The van der Waals surface area contributed by atoms with Gasteiger partial charge in [0.05, 0.1) is 5.69 Å². The Hall–Kier alpha value is -3.06. The van der Waals surface area contributed by atoms with Crippen molar-refractivity contribution >= 4 is 0 Å². The van der Waals surface area contributed by atoms with Crippen molar-refractivity contribution in [3.63, 3.8) is 0 Å². The lowest BCUT2D eigenvalue weighted by molar-refractivity contribution is 0.765. The summed E-state index contributed by atoms with van der Waals surface area (Å²) in [4.78, 5) is 0.